The fraction of sp³-hybridized carbons (Fsp3) is 0.600. The van der Waals surface area contributed by atoms with E-state index in [1.54, 1.807) is 5.20 Å². The van der Waals surface area contributed by atoms with Gasteiger partial charge in [0, 0.05) is 10.8 Å². The Morgan fingerprint density at radius 3 is 1.81 bits per heavy atom. The molecule has 0 aromatic carbocycles. The molecular formula is C15H26Si. The van der Waals surface area contributed by atoms with E-state index < -0.39 is 8.07 Å². The molecule has 0 saturated carbocycles. The second kappa shape index (κ2) is 4.03. The van der Waals surface area contributed by atoms with E-state index in [2.05, 4.69) is 77.7 Å². The van der Waals surface area contributed by atoms with E-state index in [1.807, 2.05) is 0 Å². The van der Waals surface area contributed by atoms with Crippen molar-refractivity contribution in [3.8, 4) is 0 Å². The highest BCUT2D eigenvalue weighted by Crippen LogP contribution is 2.32. The Kier molecular flexibility index (Phi) is 3.40. The minimum absolute atomic E-state index is 0.177. The summed E-state index contributed by atoms with van der Waals surface area (Å²) < 4.78 is 0. The van der Waals surface area contributed by atoms with Gasteiger partial charge in [0.1, 0.15) is 0 Å². The molecule has 0 aliphatic heterocycles. The highest BCUT2D eigenvalue weighted by Gasteiger charge is 2.24. The lowest BCUT2D eigenvalue weighted by atomic mass is 9.84. The molecule has 0 atom stereocenters. The standard InChI is InChI=1S/C15H26Si/c1-14(2)9-8-13(16(5,6)7)12-15(3,4)11-10-14/h8-12H,1-7H3/b9-8-,11-10-,13-12+. The molecule has 90 valence electrons. The van der Waals surface area contributed by atoms with Gasteiger partial charge in [0.25, 0.3) is 0 Å². The maximum absolute atomic E-state index is 2.45. The molecule has 0 unspecified atom stereocenters. The maximum Gasteiger partial charge on any atom is 0.0772 e. The number of hydrogen-bond donors (Lipinski definition) is 0. The van der Waals surface area contributed by atoms with Crippen molar-refractivity contribution in [3.05, 3.63) is 35.6 Å². The van der Waals surface area contributed by atoms with Gasteiger partial charge < -0.3 is 0 Å². The summed E-state index contributed by atoms with van der Waals surface area (Å²) in [5, 5.41) is 1.56. The zero-order valence-electron chi connectivity index (χ0n) is 11.9. The number of rotatable bonds is 1. The first-order chi connectivity index (χ1) is 7.02. The van der Waals surface area contributed by atoms with E-state index in [9.17, 15) is 0 Å². The maximum atomic E-state index is 2.45. The predicted molar refractivity (Wildman–Crippen MR) is 77.3 cm³/mol. The molecule has 0 amide bonds. The number of hydrogen-bond acceptors (Lipinski definition) is 0. The summed E-state index contributed by atoms with van der Waals surface area (Å²) in [5.41, 5.74) is 0.355. The lowest BCUT2D eigenvalue weighted by Crippen LogP contribution is -2.26. The van der Waals surface area contributed by atoms with Crippen LogP contribution in [0.15, 0.2) is 35.6 Å². The molecule has 1 rings (SSSR count). The van der Waals surface area contributed by atoms with Gasteiger partial charge in [-0.05, 0) is 0 Å². The fourth-order valence-corrected chi connectivity index (χ4v) is 3.14. The van der Waals surface area contributed by atoms with Crippen molar-refractivity contribution in [1.29, 1.82) is 0 Å². The largest absolute Gasteiger partial charge is 0.0782 e. The normalized spacial score (nSPS) is 30.8. The van der Waals surface area contributed by atoms with Gasteiger partial charge in [-0.2, -0.15) is 0 Å². The van der Waals surface area contributed by atoms with E-state index in [0.29, 0.717) is 0 Å². The van der Waals surface area contributed by atoms with Crippen molar-refractivity contribution in [2.24, 2.45) is 10.8 Å². The molecule has 1 aliphatic carbocycles. The topological polar surface area (TPSA) is 0 Å². The van der Waals surface area contributed by atoms with Crippen LogP contribution in [0.25, 0.3) is 0 Å². The Balaban J connectivity index is 3.25. The summed E-state index contributed by atoms with van der Waals surface area (Å²) >= 11 is 0. The number of allylic oxidation sites excluding steroid dienone is 6. The second-order valence-electron chi connectivity index (χ2n) is 7.16. The van der Waals surface area contributed by atoms with Gasteiger partial charge in [-0.3, -0.25) is 0 Å². The lowest BCUT2D eigenvalue weighted by molar-refractivity contribution is 0.574. The van der Waals surface area contributed by atoms with Gasteiger partial charge >= 0.3 is 0 Å². The minimum Gasteiger partial charge on any atom is -0.0782 e. The third kappa shape index (κ3) is 3.78. The Morgan fingerprint density at radius 1 is 0.812 bits per heavy atom. The van der Waals surface area contributed by atoms with Crippen molar-refractivity contribution in [1.82, 2.24) is 0 Å². The third-order valence-electron chi connectivity index (χ3n) is 3.03. The van der Waals surface area contributed by atoms with Crippen LogP contribution >= 0.6 is 0 Å². The Hall–Kier alpha value is -0.563. The second-order valence-corrected chi connectivity index (χ2v) is 12.2. The first-order valence-electron chi connectivity index (χ1n) is 6.15. The Bertz CT molecular complexity index is 346. The average molecular weight is 234 g/mol. The zero-order chi connectivity index (χ0) is 12.6. The summed E-state index contributed by atoms with van der Waals surface area (Å²) in [5.74, 6) is 0. The Morgan fingerprint density at radius 2 is 1.31 bits per heavy atom. The van der Waals surface area contributed by atoms with Crippen LogP contribution in [0.5, 0.6) is 0 Å². The van der Waals surface area contributed by atoms with Crippen molar-refractivity contribution in [2.45, 2.75) is 47.3 Å². The van der Waals surface area contributed by atoms with Crippen molar-refractivity contribution in [2.75, 3.05) is 0 Å². The summed E-state index contributed by atoms with van der Waals surface area (Å²) in [6.45, 7) is 16.4. The van der Waals surface area contributed by atoms with E-state index in [-0.39, 0.29) is 10.8 Å². The van der Waals surface area contributed by atoms with Crippen LogP contribution in [0.3, 0.4) is 0 Å². The van der Waals surface area contributed by atoms with Crippen molar-refractivity contribution < 1.29 is 0 Å². The first-order valence-corrected chi connectivity index (χ1v) is 9.65. The molecular weight excluding hydrogens is 208 g/mol. The first kappa shape index (κ1) is 13.5. The van der Waals surface area contributed by atoms with Gasteiger partial charge in [0.15, 0.2) is 0 Å². The van der Waals surface area contributed by atoms with Crippen LogP contribution in [0.1, 0.15) is 27.7 Å². The molecule has 0 saturated heterocycles. The van der Waals surface area contributed by atoms with Gasteiger partial charge in [0.2, 0.25) is 0 Å². The summed E-state index contributed by atoms with van der Waals surface area (Å²) in [6.07, 6.45) is 11.8. The molecule has 0 nitrogen and oxygen atoms in total. The van der Waals surface area contributed by atoms with Crippen LogP contribution in [0.2, 0.25) is 19.6 Å². The molecule has 0 bridgehead atoms. The SMILES string of the molecule is CC1(C)/C=C\C([Si](C)(C)C)=C/C(C)(C)/C=C\1. The highest BCUT2D eigenvalue weighted by molar-refractivity contribution is 6.83. The Labute approximate surface area is 102 Å². The molecule has 1 aliphatic rings. The van der Waals surface area contributed by atoms with Crippen LogP contribution in [-0.2, 0) is 0 Å². The monoisotopic (exact) mass is 234 g/mol. The summed E-state index contributed by atoms with van der Waals surface area (Å²) in [4.78, 5) is 0. The van der Waals surface area contributed by atoms with Gasteiger partial charge in [-0.15, -0.1) is 0 Å². The van der Waals surface area contributed by atoms with Gasteiger partial charge in [0.05, 0.1) is 8.07 Å². The molecule has 0 aromatic rings. The van der Waals surface area contributed by atoms with Crippen LogP contribution in [0, 0.1) is 10.8 Å². The lowest BCUT2D eigenvalue weighted by Gasteiger charge is -2.28. The molecule has 16 heavy (non-hydrogen) atoms. The average Bonchev–Trinajstić information content (AvgIpc) is 2.06. The smallest absolute Gasteiger partial charge is 0.0772 e. The van der Waals surface area contributed by atoms with Gasteiger partial charge in [-0.1, -0.05) is 82.9 Å². The van der Waals surface area contributed by atoms with Crippen molar-refractivity contribution >= 4 is 8.07 Å². The summed E-state index contributed by atoms with van der Waals surface area (Å²) in [6, 6.07) is 0. The van der Waals surface area contributed by atoms with E-state index in [0.717, 1.165) is 0 Å². The quantitative estimate of drug-likeness (QED) is 0.444. The molecule has 0 aromatic heterocycles. The van der Waals surface area contributed by atoms with Crippen molar-refractivity contribution in [3.63, 3.8) is 0 Å². The van der Waals surface area contributed by atoms with Crippen LogP contribution < -0.4 is 0 Å². The van der Waals surface area contributed by atoms with E-state index in [4.69, 9.17) is 0 Å². The summed E-state index contributed by atoms with van der Waals surface area (Å²) in [7, 11) is -1.22. The van der Waals surface area contributed by atoms with Gasteiger partial charge in [-0.25, -0.2) is 0 Å². The fourth-order valence-electron chi connectivity index (χ4n) is 1.75. The zero-order valence-corrected chi connectivity index (χ0v) is 12.9. The molecule has 0 fully saturated rings. The minimum atomic E-state index is -1.22. The third-order valence-corrected chi connectivity index (χ3v) is 5.07. The van der Waals surface area contributed by atoms with Crippen LogP contribution in [0.4, 0.5) is 0 Å². The molecule has 0 N–H and O–H groups in total. The molecule has 0 radical (unpaired) electrons. The molecule has 0 spiro atoms. The highest BCUT2D eigenvalue weighted by atomic mass is 28.3. The predicted octanol–water partition coefficient (Wildman–Crippen LogP) is 4.97. The van der Waals surface area contributed by atoms with E-state index in [1.165, 1.54) is 0 Å². The van der Waals surface area contributed by atoms with Crippen LogP contribution in [-0.4, -0.2) is 8.07 Å². The molecule has 0 heterocycles. The molecule has 1 heteroatoms. The van der Waals surface area contributed by atoms with E-state index >= 15 is 0 Å².